The predicted molar refractivity (Wildman–Crippen MR) is 45.6 cm³/mol. The van der Waals surface area contributed by atoms with Crippen LogP contribution >= 0.6 is 15.9 Å². The zero-order valence-electron chi connectivity index (χ0n) is 5.20. The molecule has 0 heterocycles. The molecule has 0 rings (SSSR count). The van der Waals surface area contributed by atoms with Crippen molar-refractivity contribution < 1.29 is 4.74 Å². The summed E-state index contributed by atoms with van der Waals surface area (Å²) >= 11 is 2.94. The van der Waals surface area contributed by atoms with E-state index in [0.29, 0.717) is 0 Å². The van der Waals surface area contributed by atoms with Gasteiger partial charge in [0.1, 0.15) is 0 Å². The second-order valence-electron chi connectivity index (χ2n) is 0.781. The number of halogens is 1. The van der Waals surface area contributed by atoms with Crippen molar-refractivity contribution in [2.75, 3.05) is 19.0 Å². The zero-order chi connectivity index (χ0) is 6.12. The molecule has 0 saturated heterocycles. The summed E-state index contributed by atoms with van der Waals surface area (Å²) in [5, 5.41) is 0. The monoisotopic (exact) mass is 194 g/mol. The Morgan fingerprint density at radius 1 is 1.12 bits per heavy atom. The molecule has 0 aromatic carbocycles. The van der Waals surface area contributed by atoms with Crippen LogP contribution in [-0.4, -0.2) is 42.1 Å². The molecule has 0 unspecified atom stereocenters. The molecule has 0 spiro atoms. The smallest absolute Gasteiger partial charge is 0.316 e. The molecule has 0 radical (unpaired) electrons. The van der Waals surface area contributed by atoms with Gasteiger partial charge in [0.25, 0.3) is 0 Å². The molecule has 50 valence electrons. The fraction of sp³-hybridized carbons (Fsp3) is 1.00. The molecule has 1 nitrogen and oxygen atoms in total. The lowest BCUT2D eigenvalue weighted by Crippen LogP contribution is -1.84. The van der Waals surface area contributed by atoms with Crippen molar-refractivity contribution in [2.24, 2.45) is 0 Å². The summed E-state index contributed by atoms with van der Waals surface area (Å²) in [4.78, 5) is 0. The van der Waals surface area contributed by atoms with E-state index in [9.17, 15) is 0 Å². The third-order valence-electron chi connectivity index (χ3n) is 0.408. The van der Waals surface area contributed by atoms with E-state index in [4.69, 9.17) is 4.74 Å². The Bertz CT molecular complexity index is 19.9. The topological polar surface area (TPSA) is 9.23 Å². The van der Waals surface area contributed by atoms with Crippen LogP contribution in [0.2, 0.25) is 0 Å². The van der Waals surface area contributed by atoms with Gasteiger partial charge in [-0.25, -0.2) is 0 Å². The Labute approximate surface area is 76.5 Å². The Morgan fingerprint density at radius 3 is 1.38 bits per heavy atom. The van der Waals surface area contributed by atoms with Crippen LogP contribution in [0.4, 0.5) is 0 Å². The molecule has 0 aliphatic carbocycles. The average molecular weight is 195 g/mol. The van der Waals surface area contributed by atoms with Gasteiger partial charge in [0.2, 0.25) is 0 Å². The number of ether oxygens (including phenoxy) is 1. The minimum Gasteiger partial charge on any atom is -0.382 e. The van der Waals surface area contributed by atoms with Crippen molar-refractivity contribution in [3.8, 4) is 0 Å². The molecule has 0 bridgehead atoms. The van der Waals surface area contributed by atoms with Crippen molar-refractivity contribution in [3.63, 3.8) is 0 Å². The second-order valence-corrected chi connectivity index (χ2v) is 0.781. The quantitative estimate of drug-likeness (QED) is 0.474. The lowest BCUT2D eigenvalue weighted by atomic mass is 10.8. The number of hydrogen-bond acceptors (Lipinski definition) is 1. The summed E-state index contributed by atoms with van der Waals surface area (Å²) in [5.41, 5.74) is 0. The van der Waals surface area contributed by atoms with Gasteiger partial charge in [-0.2, -0.15) is 0 Å². The lowest BCUT2D eigenvalue weighted by Gasteiger charge is -1.86. The molecule has 0 aromatic rings. The van der Waals surface area contributed by atoms with Crippen LogP contribution in [0.15, 0.2) is 0 Å². The summed E-state index contributed by atoms with van der Waals surface area (Å²) in [7, 11) is 0. The molecule has 0 fully saturated rings. The van der Waals surface area contributed by atoms with E-state index in [-0.39, 0.29) is 23.1 Å². The Kier molecular flexibility index (Phi) is 48.5. The van der Waals surface area contributed by atoms with Crippen molar-refractivity contribution in [3.05, 3.63) is 0 Å². The minimum absolute atomic E-state index is 0. The highest BCUT2D eigenvalue weighted by Crippen LogP contribution is 1.64. The highest BCUT2D eigenvalue weighted by atomic mass is 79.9. The molecule has 3 heteroatoms. The van der Waals surface area contributed by atoms with Crippen LogP contribution in [0.3, 0.4) is 0 Å². The van der Waals surface area contributed by atoms with Crippen LogP contribution in [0.25, 0.3) is 0 Å². The maximum atomic E-state index is 4.83. The van der Waals surface area contributed by atoms with Gasteiger partial charge in [-0.1, -0.05) is 15.9 Å². The Hall–Kier alpha value is 1.21. The van der Waals surface area contributed by atoms with E-state index in [1.165, 1.54) is 0 Å². The van der Waals surface area contributed by atoms with Gasteiger partial charge in [0.05, 0.1) is 0 Å². The number of hydrogen-bond donors (Lipinski definition) is 0. The van der Waals surface area contributed by atoms with Gasteiger partial charge >= 0.3 is 23.1 Å². The first kappa shape index (κ1) is 16.1. The molecule has 0 aliphatic rings. The van der Waals surface area contributed by atoms with Crippen LogP contribution in [0.5, 0.6) is 0 Å². The predicted octanol–water partition coefficient (Wildman–Crippen LogP) is 1.14. The van der Waals surface area contributed by atoms with Gasteiger partial charge in [-0.05, 0) is 19.7 Å². The van der Waals surface area contributed by atoms with Crippen molar-refractivity contribution in [1.29, 1.82) is 0 Å². The van der Waals surface area contributed by atoms with Crippen molar-refractivity contribution >= 4 is 39.0 Å². The molecule has 0 saturated carbocycles. The van der Waals surface area contributed by atoms with Gasteiger partial charge < -0.3 is 4.74 Å². The maximum absolute atomic E-state index is 4.83. The van der Waals surface area contributed by atoms with E-state index in [1.807, 2.05) is 19.7 Å². The van der Waals surface area contributed by atoms with E-state index in [1.54, 1.807) is 0 Å². The lowest BCUT2D eigenvalue weighted by molar-refractivity contribution is 0.162. The summed E-state index contributed by atoms with van der Waals surface area (Å²) < 4.78 is 4.83. The highest BCUT2D eigenvalue weighted by molar-refractivity contribution is 9.08. The van der Waals surface area contributed by atoms with E-state index in [0.717, 1.165) is 13.2 Å². The van der Waals surface area contributed by atoms with Crippen LogP contribution in [-0.2, 0) is 4.74 Å². The first-order valence-corrected chi connectivity index (χ1v) is 3.96. The first-order valence-electron chi connectivity index (χ1n) is 2.37. The largest absolute Gasteiger partial charge is 0.382 e. The molecule has 0 amide bonds. The average Bonchev–Trinajstić information content (AvgIpc) is 1.75. The number of rotatable bonds is 2. The van der Waals surface area contributed by atoms with Crippen LogP contribution in [0.1, 0.15) is 13.8 Å². The van der Waals surface area contributed by atoms with Gasteiger partial charge in [-0.15, -0.1) is 0 Å². The zero-order valence-corrected chi connectivity index (χ0v) is 6.79. The Balaban J connectivity index is -0.0000000750. The van der Waals surface area contributed by atoms with Crippen LogP contribution in [0, 0.1) is 0 Å². The fourth-order valence-corrected chi connectivity index (χ4v) is 0.204. The normalized spacial score (nSPS) is 6.00. The number of alkyl halides is 1. The first-order chi connectivity index (χ1) is 3.41. The van der Waals surface area contributed by atoms with Crippen LogP contribution < -0.4 is 0 Å². The highest BCUT2D eigenvalue weighted by Gasteiger charge is 1.64. The Morgan fingerprint density at radius 2 is 1.38 bits per heavy atom. The van der Waals surface area contributed by atoms with Gasteiger partial charge in [-0.3, -0.25) is 0 Å². The van der Waals surface area contributed by atoms with Gasteiger partial charge in [0, 0.05) is 13.2 Å². The standard InChI is InChI=1S/C4H10O.CH3Br.Mg.2H/c1-3-5-4-2;1-2;;;/h3-4H2,1-2H3;1H3;;;. The molecular weight excluding hydrogens is 180 g/mol. The SMILES string of the molecule is CBr.CCOCC.[MgH2]. The second kappa shape index (κ2) is 24.1. The molecule has 8 heavy (non-hydrogen) atoms. The van der Waals surface area contributed by atoms with Crippen molar-refractivity contribution in [1.82, 2.24) is 0 Å². The molecule has 0 N–H and O–H groups in total. The third kappa shape index (κ3) is 27.0. The summed E-state index contributed by atoms with van der Waals surface area (Å²) in [6, 6.07) is 0. The molecule has 0 aliphatic heterocycles. The van der Waals surface area contributed by atoms with E-state index >= 15 is 0 Å². The van der Waals surface area contributed by atoms with E-state index < -0.39 is 0 Å². The summed E-state index contributed by atoms with van der Waals surface area (Å²) in [6.45, 7) is 5.67. The van der Waals surface area contributed by atoms with Gasteiger partial charge in [0.15, 0.2) is 0 Å². The maximum Gasteiger partial charge on any atom is 0.316 e. The minimum atomic E-state index is 0. The fourth-order valence-electron chi connectivity index (χ4n) is 0.204. The van der Waals surface area contributed by atoms with E-state index in [2.05, 4.69) is 15.9 Å². The molecule has 0 atom stereocenters. The molecular formula is C5H15BrMgO. The summed E-state index contributed by atoms with van der Waals surface area (Å²) in [6.07, 6.45) is 0. The van der Waals surface area contributed by atoms with Crippen molar-refractivity contribution in [2.45, 2.75) is 13.8 Å². The molecule has 0 aromatic heterocycles. The third-order valence-corrected chi connectivity index (χ3v) is 0.408. The summed E-state index contributed by atoms with van der Waals surface area (Å²) in [5.74, 6) is 1.81.